The van der Waals surface area contributed by atoms with Crippen molar-refractivity contribution in [3.8, 4) is 0 Å². The molecule has 1 aromatic carbocycles. The molecule has 1 aliphatic heterocycles. The predicted octanol–water partition coefficient (Wildman–Crippen LogP) is 1.63. The van der Waals surface area contributed by atoms with Crippen LogP contribution in [-0.4, -0.2) is 45.6 Å². The molecule has 2 heterocycles. The molecule has 0 spiro atoms. The van der Waals surface area contributed by atoms with Crippen LogP contribution in [0.1, 0.15) is 46.7 Å². The summed E-state index contributed by atoms with van der Waals surface area (Å²) in [4.78, 5) is 12.4. The highest BCUT2D eigenvalue weighted by Crippen LogP contribution is 2.20. The van der Waals surface area contributed by atoms with Crippen LogP contribution in [0.5, 0.6) is 0 Å². The highest BCUT2D eigenvalue weighted by atomic mass is 35.5. The number of amides is 1. The third-order valence-electron chi connectivity index (χ3n) is 4.51. The van der Waals surface area contributed by atoms with Crippen LogP contribution in [0.15, 0.2) is 24.3 Å². The first kappa shape index (κ1) is 17.8. The van der Waals surface area contributed by atoms with Gasteiger partial charge in [0.25, 0.3) is 5.91 Å². The van der Waals surface area contributed by atoms with Crippen molar-refractivity contribution in [2.45, 2.75) is 31.9 Å². The number of hydrogen-bond donors (Lipinski definition) is 3. The Morgan fingerprint density at radius 2 is 2.08 bits per heavy atom. The van der Waals surface area contributed by atoms with E-state index in [9.17, 15) is 9.90 Å². The van der Waals surface area contributed by atoms with Gasteiger partial charge in [-0.25, -0.2) is 4.68 Å². The zero-order chi connectivity index (χ0) is 17.8. The molecule has 0 unspecified atom stereocenters. The van der Waals surface area contributed by atoms with Gasteiger partial charge in [-0.3, -0.25) is 4.79 Å². The van der Waals surface area contributed by atoms with E-state index in [-0.39, 0.29) is 18.5 Å². The Balaban J connectivity index is 1.61. The molecule has 7 nitrogen and oxygen atoms in total. The van der Waals surface area contributed by atoms with Crippen molar-refractivity contribution in [2.75, 3.05) is 19.6 Å². The Hall–Kier alpha value is -1.96. The summed E-state index contributed by atoms with van der Waals surface area (Å²) in [5.41, 5.74) is 1.76. The second-order valence-electron chi connectivity index (χ2n) is 6.23. The lowest BCUT2D eigenvalue weighted by atomic mass is 10.1. The molecule has 1 atom stereocenters. The van der Waals surface area contributed by atoms with Gasteiger partial charge < -0.3 is 15.7 Å². The monoisotopic (exact) mass is 363 g/mol. The van der Waals surface area contributed by atoms with Crippen molar-refractivity contribution < 1.29 is 9.90 Å². The van der Waals surface area contributed by atoms with E-state index in [2.05, 4.69) is 20.9 Å². The third kappa shape index (κ3) is 4.18. The zero-order valence-electron chi connectivity index (χ0n) is 14.1. The molecule has 1 aromatic heterocycles. The van der Waals surface area contributed by atoms with E-state index >= 15 is 0 Å². The smallest absolute Gasteiger partial charge is 0.273 e. The minimum Gasteiger partial charge on any atom is -0.387 e. The second kappa shape index (κ2) is 7.95. The van der Waals surface area contributed by atoms with E-state index in [1.54, 1.807) is 24.3 Å². The van der Waals surface area contributed by atoms with Gasteiger partial charge in [0.15, 0.2) is 5.69 Å². The molecular formula is C17H22ClN5O2. The summed E-state index contributed by atoms with van der Waals surface area (Å²) in [5.74, 6) is -0.328. The summed E-state index contributed by atoms with van der Waals surface area (Å²) in [7, 11) is 0. The van der Waals surface area contributed by atoms with Crippen molar-refractivity contribution in [1.82, 2.24) is 25.6 Å². The molecule has 1 saturated heterocycles. The normalized spacial score (nSPS) is 16.6. The number of halogens is 1. The number of rotatable bonds is 5. The molecule has 0 saturated carbocycles. The Morgan fingerprint density at radius 1 is 1.40 bits per heavy atom. The van der Waals surface area contributed by atoms with Gasteiger partial charge >= 0.3 is 0 Å². The fourth-order valence-corrected chi connectivity index (χ4v) is 3.15. The lowest BCUT2D eigenvalue weighted by Gasteiger charge is -2.23. The molecule has 1 amide bonds. The van der Waals surface area contributed by atoms with Crippen LogP contribution < -0.4 is 10.6 Å². The first-order valence-electron chi connectivity index (χ1n) is 8.40. The Labute approximate surface area is 151 Å². The van der Waals surface area contributed by atoms with Crippen LogP contribution in [0.25, 0.3) is 0 Å². The number of piperidine rings is 1. The number of benzene rings is 1. The molecule has 2 aromatic rings. The van der Waals surface area contributed by atoms with E-state index < -0.39 is 6.10 Å². The van der Waals surface area contributed by atoms with Crippen LogP contribution in [-0.2, 0) is 0 Å². The van der Waals surface area contributed by atoms with Crippen molar-refractivity contribution in [1.29, 1.82) is 0 Å². The van der Waals surface area contributed by atoms with Gasteiger partial charge in [0.05, 0.1) is 17.8 Å². The topological polar surface area (TPSA) is 92.1 Å². The minimum atomic E-state index is -0.805. The van der Waals surface area contributed by atoms with Crippen molar-refractivity contribution in [3.05, 3.63) is 46.2 Å². The lowest BCUT2D eigenvalue weighted by molar-refractivity contribution is 0.0910. The molecule has 0 aliphatic carbocycles. The number of carbonyl (C=O) groups is 1. The Bertz CT molecular complexity index is 725. The summed E-state index contributed by atoms with van der Waals surface area (Å²) in [6.45, 7) is 3.84. The van der Waals surface area contributed by atoms with Gasteiger partial charge in [0.2, 0.25) is 0 Å². The molecule has 25 heavy (non-hydrogen) atoms. The second-order valence-corrected chi connectivity index (χ2v) is 6.66. The molecule has 1 aliphatic rings. The average Bonchev–Trinajstić information content (AvgIpc) is 3.02. The van der Waals surface area contributed by atoms with Crippen LogP contribution in [0.3, 0.4) is 0 Å². The fraction of sp³-hybridized carbons (Fsp3) is 0.471. The Kier molecular flexibility index (Phi) is 5.67. The first-order chi connectivity index (χ1) is 12.1. The van der Waals surface area contributed by atoms with E-state index in [0.29, 0.717) is 16.3 Å². The molecular weight excluding hydrogens is 342 g/mol. The highest BCUT2D eigenvalue weighted by molar-refractivity contribution is 6.30. The van der Waals surface area contributed by atoms with Crippen molar-refractivity contribution in [2.24, 2.45) is 0 Å². The number of aromatic nitrogens is 3. The maximum Gasteiger partial charge on any atom is 0.273 e. The van der Waals surface area contributed by atoms with E-state index in [4.69, 9.17) is 11.6 Å². The molecule has 8 heteroatoms. The third-order valence-corrected chi connectivity index (χ3v) is 4.76. The standard InChI is InChI=1S/C17H22ClN5O2/c1-11-16(21-22-23(11)14-6-8-19-9-7-14)17(25)20-10-15(24)12-2-4-13(18)5-3-12/h2-5,14-15,19,24H,6-10H2,1H3,(H,20,25)/t15-/m1/s1. The number of nitrogens with one attached hydrogen (secondary N) is 2. The van der Waals surface area contributed by atoms with Crippen LogP contribution >= 0.6 is 11.6 Å². The summed E-state index contributed by atoms with van der Waals surface area (Å²) < 4.78 is 1.84. The fourth-order valence-electron chi connectivity index (χ4n) is 3.02. The van der Waals surface area contributed by atoms with E-state index in [0.717, 1.165) is 31.6 Å². The first-order valence-corrected chi connectivity index (χ1v) is 8.78. The molecule has 0 bridgehead atoms. The van der Waals surface area contributed by atoms with E-state index in [1.165, 1.54) is 0 Å². The van der Waals surface area contributed by atoms with Gasteiger partial charge in [0, 0.05) is 11.6 Å². The Morgan fingerprint density at radius 3 is 2.76 bits per heavy atom. The predicted molar refractivity (Wildman–Crippen MR) is 94.6 cm³/mol. The average molecular weight is 364 g/mol. The largest absolute Gasteiger partial charge is 0.387 e. The van der Waals surface area contributed by atoms with Crippen LogP contribution in [0.2, 0.25) is 5.02 Å². The molecule has 3 rings (SSSR count). The van der Waals surface area contributed by atoms with Crippen molar-refractivity contribution in [3.63, 3.8) is 0 Å². The lowest BCUT2D eigenvalue weighted by Crippen LogP contribution is -2.31. The summed E-state index contributed by atoms with van der Waals surface area (Å²) >= 11 is 5.83. The molecule has 0 radical (unpaired) electrons. The zero-order valence-corrected chi connectivity index (χ0v) is 14.8. The molecule has 134 valence electrons. The van der Waals surface area contributed by atoms with Gasteiger partial charge in [-0.2, -0.15) is 0 Å². The van der Waals surface area contributed by atoms with Gasteiger partial charge in [-0.1, -0.05) is 28.9 Å². The van der Waals surface area contributed by atoms with Crippen LogP contribution in [0, 0.1) is 6.92 Å². The van der Waals surface area contributed by atoms with E-state index in [1.807, 2.05) is 11.6 Å². The number of nitrogens with zero attached hydrogens (tertiary/aromatic N) is 3. The van der Waals surface area contributed by atoms with Gasteiger partial charge in [0.1, 0.15) is 0 Å². The quantitative estimate of drug-likeness (QED) is 0.751. The van der Waals surface area contributed by atoms with Gasteiger partial charge in [-0.05, 0) is 50.6 Å². The molecule has 1 fully saturated rings. The number of aliphatic hydroxyl groups is 1. The summed E-state index contributed by atoms with van der Waals surface area (Å²) in [6, 6.07) is 7.15. The minimum absolute atomic E-state index is 0.0973. The summed E-state index contributed by atoms with van der Waals surface area (Å²) in [6.07, 6.45) is 1.14. The van der Waals surface area contributed by atoms with Crippen LogP contribution in [0.4, 0.5) is 0 Å². The maximum absolute atomic E-state index is 12.4. The summed E-state index contributed by atoms with van der Waals surface area (Å²) in [5, 5.41) is 25.0. The maximum atomic E-state index is 12.4. The van der Waals surface area contributed by atoms with Crippen molar-refractivity contribution >= 4 is 17.5 Å². The SMILES string of the molecule is Cc1c(C(=O)NC[C@@H](O)c2ccc(Cl)cc2)nnn1C1CCNCC1. The highest BCUT2D eigenvalue weighted by Gasteiger charge is 2.23. The number of aliphatic hydroxyl groups excluding tert-OH is 1. The van der Waals surface area contributed by atoms with Gasteiger partial charge in [-0.15, -0.1) is 5.10 Å². The molecule has 3 N–H and O–H groups in total. The number of carbonyl (C=O) groups excluding carboxylic acids is 1. The number of hydrogen-bond acceptors (Lipinski definition) is 5.